The number of thiophene rings is 1. The number of aromatic nitrogens is 1. The number of halogens is 1. The van der Waals surface area contributed by atoms with Crippen LogP contribution in [0.1, 0.15) is 17.5 Å². The van der Waals surface area contributed by atoms with Crippen LogP contribution in [0.5, 0.6) is 11.5 Å². The maximum atomic E-state index is 15.3. The first-order valence-electron chi connectivity index (χ1n) is 17.2. The lowest BCUT2D eigenvalue weighted by Gasteiger charge is -2.33. The second-order valence-electron chi connectivity index (χ2n) is 13.4. The third-order valence-corrected chi connectivity index (χ3v) is 10.9. The average Bonchev–Trinajstić information content (AvgIpc) is 3.74. The van der Waals surface area contributed by atoms with Crippen molar-refractivity contribution in [2.45, 2.75) is 19.4 Å². The molecule has 0 saturated carbocycles. The molecule has 0 radical (unpaired) electrons. The van der Waals surface area contributed by atoms with E-state index in [2.05, 4.69) is 58.0 Å². The van der Waals surface area contributed by atoms with E-state index in [1.54, 1.807) is 40.6 Å². The number of para-hydroxylation sites is 1. The normalized spacial score (nSPS) is 17.2. The molecule has 5 aromatic rings. The Kier molecular flexibility index (Phi) is 10.3. The summed E-state index contributed by atoms with van der Waals surface area (Å²) in [5.74, 6) is -1.10. The third kappa shape index (κ3) is 7.79. The van der Waals surface area contributed by atoms with Gasteiger partial charge in [-0.05, 0) is 67.5 Å². The van der Waals surface area contributed by atoms with E-state index in [1.807, 2.05) is 36.4 Å². The molecular weight excluding hydrogens is 650 g/mol. The second-order valence-corrected chi connectivity index (χ2v) is 14.4. The van der Waals surface area contributed by atoms with Gasteiger partial charge in [-0.3, -0.25) is 19.5 Å². The van der Waals surface area contributed by atoms with Crippen molar-refractivity contribution in [3.05, 3.63) is 108 Å². The zero-order chi connectivity index (χ0) is 34.6. The number of hydrogen-bond donors (Lipinski definition) is 0. The summed E-state index contributed by atoms with van der Waals surface area (Å²) in [7, 11) is 4.36. The van der Waals surface area contributed by atoms with Gasteiger partial charge in [-0.2, -0.15) is 0 Å². The fraction of sp³-hybridized carbons (Fsp3) is 0.325. The summed E-state index contributed by atoms with van der Waals surface area (Å²) in [4.78, 5) is 40.6. The number of fused-ring (bicyclic) bond motifs is 1. The summed E-state index contributed by atoms with van der Waals surface area (Å²) >= 11 is 1.56. The van der Waals surface area contributed by atoms with E-state index >= 15 is 4.39 Å². The number of ketones is 1. The highest BCUT2D eigenvalue weighted by Crippen LogP contribution is 2.40. The monoisotopic (exact) mass is 691 g/mol. The SMILES string of the molecule is CN1CCN(CCN(C)Cc2ccc(-c3cc4nccc(Oc5ccc(CC(=O)C6CCN(c7ccccc7)C6=O)cc5F)c4s3)cc2)CC1. The lowest BCUT2D eigenvalue weighted by molar-refractivity contribution is -0.130. The van der Waals surface area contributed by atoms with Gasteiger partial charge in [0.2, 0.25) is 5.91 Å². The van der Waals surface area contributed by atoms with Gasteiger partial charge < -0.3 is 19.4 Å². The van der Waals surface area contributed by atoms with Crippen LogP contribution in [-0.2, 0) is 22.6 Å². The van der Waals surface area contributed by atoms with Crippen molar-refractivity contribution in [1.82, 2.24) is 19.7 Å². The molecule has 7 rings (SSSR count). The highest BCUT2D eigenvalue weighted by Gasteiger charge is 2.37. The van der Waals surface area contributed by atoms with Gasteiger partial charge in [0.25, 0.3) is 0 Å². The van der Waals surface area contributed by atoms with Gasteiger partial charge in [-0.25, -0.2) is 4.39 Å². The number of hydrogen-bond acceptors (Lipinski definition) is 8. The van der Waals surface area contributed by atoms with Crippen molar-refractivity contribution in [3.63, 3.8) is 0 Å². The van der Waals surface area contributed by atoms with Crippen LogP contribution in [0.4, 0.5) is 10.1 Å². The predicted octanol–water partition coefficient (Wildman–Crippen LogP) is 6.74. The molecule has 0 aliphatic carbocycles. The highest BCUT2D eigenvalue weighted by atomic mass is 32.1. The van der Waals surface area contributed by atoms with Crippen LogP contribution in [0.15, 0.2) is 91.1 Å². The molecule has 3 aromatic carbocycles. The molecule has 1 unspecified atom stereocenters. The smallest absolute Gasteiger partial charge is 0.237 e. The molecule has 4 heterocycles. The number of carbonyl (C=O) groups is 2. The molecule has 0 bridgehead atoms. The first-order chi connectivity index (χ1) is 24.3. The van der Waals surface area contributed by atoms with Crippen LogP contribution in [0, 0.1) is 11.7 Å². The Hall–Kier alpha value is -4.48. The Morgan fingerprint density at radius 3 is 2.46 bits per heavy atom. The Labute approximate surface area is 296 Å². The molecular formula is C40H42FN5O3S. The molecule has 8 nitrogen and oxygen atoms in total. The van der Waals surface area contributed by atoms with Gasteiger partial charge in [0.1, 0.15) is 11.5 Å². The van der Waals surface area contributed by atoms with E-state index in [0.717, 1.165) is 72.2 Å². The fourth-order valence-electron chi connectivity index (χ4n) is 6.71. The minimum absolute atomic E-state index is 0.0181. The number of ether oxygens (including phenoxy) is 1. The van der Waals surface area contributed by atoms with E-state index in [0.29, 0.717) is 24.3 Å². The summed E-state index contributed by atoms with van der Waals surface area (Å²) < 4.78 is 22.3. The summed E-state index contributed by atoms with van der Waals surface area (Å²) in [5.41, 5.74) is 4.43. The Bertz CT molecular complexity index is 1960. The van der Waals surface area contributed by atoms with Gasteiger partial charge >= 0.3 is 0 Å². The van der Waals surface area contributed by atoms with Crippen molar-refractivity contribution >= 4 is 38.9 Å². The van der Waals surface area contributed by atoms with Crippen LogP contribution in [0.3, 0.4) is 0 Å². The van der Waals surface area contributed by atoms with Crippen molar-refractivity contribution in [1.29, 1.82) is 0 Å². The van der Waals surface area contributed by atoms with E-state index in [4.69, 9.17) is 4.74 Å². The number of carbonyl (C=O) groups excluding carboxylic acids is 2. The largest absolute Gasteiger partial charge is 0.453 e. The number of rotatable bonds is 12. The molecule has 258 valence electrons. The number of anilines is 1. The van der Waals surface area contributed by atoms with Crippen molar-refractivity contribution < 1.29 is 18.7 Å². The molecule has 2 aliphatic heterocycles. The fourth-order valence-corrected chi connectivity index (χ4v) is 7.78. The van der Waals surface area contributed by atoms with E-state index in [9.17, 15) is 9.59 Å². The van der Waals surface area contributed by atoms with Gasteiger partial charge in [-0.1, -0.05) is 48.5 Å². The standard InChI is InChI=1S/C40H42FN5O3S/c1-43-18-21-45(22-19-43)23-20-44(2)27-28-8-11-30(12-9-28)38-26-34-39(50-38)37(14-16-42-34)49-36-13-10-29(24-33(36)41)25-35(47)32-15-17-46(40(32)48)31-6-4-3-5-7-31/h3-14,16,24,26,32H,15,17-23,25,27H2,1-2H3. The van der Waals surface area contributed by atoms with E-state index in [-0.39, 0.29) is 23.9 Å². The molecule has 2 fully saturated rings. The number of Topliss-reactive ketones (excluding diaryl/α,β-unsaturated/α-hetero) is 1. The van der Waals surface area contributed by atoms with Crippen LogP contribution >= 0.6 is 11.3 Å². The molecule has 50 heavy (non-hydrogen) atoms. The van der Waals surface area contributed by atoms with Gasteiger partial charge in [-0.15, -0.1) is 11.3 Å². The molecule has 0 N–H and O–H groups in total. The average molecular weight is 692 g/mol. The number of pyridine rings is 1. The van der Waals surface area contributed by atoms with E-state index < -0.39 is 11.7 Å². The number of piperazine rings is 1. The zero-order valence-electron chi connectivity index (χ0n) is 28.6. The van der Waals surface area contributed by atoms with Crippen molar-refractivity contribution in [3.8, 4) is 21.9 Å². The topological polar surface area (TPSA) is 69.2 Å². The predicted molar refractivity (Wildman–Crippen MR) is 197 cm³/mol. The molecule has 10 heteroatoms. The maximum absolute atomic E-state index is 15.3. The first-order valence-corrected chi connectivity index (χ1v) is 18.0. The van der Waals surface area contributed by atoms with E-state index in [1.165, 1.54) is 11.6 Å². The molecule has 0 spiro atoms. The van der Waals surface area contributed by atoms with Crippen LogP contribution in [0.25, 0.3) is 20.7 Å². The lowest BCUT2D eigenvalue weighted by Crippen LogP contribution is -2.46. The zero-order valence-corrected chi connectivity index (χ0v) is 29.4. The Morgan fingerprint density at radius 2 is 1.70 bits per heavy atom. The number of nitrogens with zero attached hydrogens (tertiary/aromatic N) is 5. The summed E-state index contributed by atoms with van der Waals surface area (Å²) in [6, 6.07) is 26.3. The van der Waals surface area contributed by atoms with Gasteiger partial charge in [0.15, 0.2) is 11.6 Å². The number of benzene rings is 3. The van der Waals surface area contributed by atoms with Crippen LogP contribution in [-0.4, -0.2) is 91.3 Å². The molecule has 1 atom stereocenters. The molecule has 1 amide bonds. The van der Waals surface area contributed by atoms with Crippen molar-refractivity contribution in [2.75, 3.05) is 64.8 Å². The van der Waals surface area contributed by atoms with Crippen LogP contribution in [0.2, 0.25) is 0 Å². The van der Waals surface area contributed by atoms with Crippen LogP contribution < -0.4 is 9.64 Å². The minimum atomic E-state index is -0.720. The minimum Gasteiger partial charge on any atom is -0.453 e. The lowest BCUT2D eigenvalue weighted by atomic mass is 9.96. The summed E-state index contributed by atoms with van der Waals surface area (Å²) in [6.07, 6.45) is 2.10. The quantitative estimate of drug-likeness (QED) is 0.134. The maximum Gasteiger partial charge on any atom is 0.237 e. The second kappa shape index (κ2) is 15.2. The third-order valence-electron chi connectivity index (χ3n) is 9.72. The number of likely N-dealkylation sites (N-methyl/N-ethyl adjacent to an activating group) is 2. The molecule has 2 aromatic heterocycles. The van der Waals surface area contributed by atoms with Gasteiger partial charge in [0.05, 0.1) is 16.1 Å². The summed E-state index contributed by atoms with van der Waals surface area (Å²) in [5, 5.41) is 0. The van der Waals surface area contributed by atoms with Gasteiger partial charge in [0, 0.05) is 81.6 Å². The molecule has 2 saturated heterocycles. The highest BCUT2D eigenvalue weighted by molar-refractivity contribution is 7.22. The Morgan fingerprint density at radius 1 is 0.940 bits per heavy atom. The first kappa shape index (κ1) is 34.0. The molecule has 2 aliphatic rings. The number of amides is 1. The van der Waals surface area contributed by atoms with Crippen molar-refractivity contribution in [2.24, 2.45) is 5.92 Å². The Balaban J connectivity index is 0.968. The summed E-state index contributed by atoms with van der Waals surface area (Å²) in [6.45, 7) is 8.06.